The van der Waals surface area contributed by atoms with Gasteiger partial charge >= 0.3 is 0 Å². The van der Waals surface area contributed by atoms with Crippen molar-refractivity contribution in [3.05, 3.63) is 20.8 Å². The molecule has 0 aromatic carbocycles. The fourth-order valence-electron chi connectivity index (χ4n) is 1.30. The Bertz CT molecular complexity index is 357. The topological polar surface area (TPSA) is 64.3 Å². The van der Waals surface area contributed by atoms with Crippen LogP contribution in [0.25, 0.3) is 0 Å². The van der Waals surface area contributed by atoms with Crippen molar-refractivity contribution >= 4 is 33.2 Å². The summed E-state index contributed by atoms with van der Waals surface area (Å²) in [6.45, 7) is 1.12. The van der Waals surface area contributed by atoms with E-state index in [1.807, 2.05) is 12.1 Å². The second kappa shape index (κ2) is 7.81. The molecule has 0 radical (unpaired) electrons. The number of carbonyl (C=O) groups is 1. The molecule has 1 atom stereocenters. The fourth-order valence-corrected chi connectivity index (χ4v) is 2.78. The Kier molecular flexibility index (Phi) is 6.72. The van der Waals surface area contributed by atoms with Gasteiger partial charge in [0.25, 0.3) is 0 Å². The van der Waals surface area contributed by atoms with Gasteiger partial charge in [-0.25, -0.2) is 0 Å². The second-order valence-corrected chi connectivity index (χ2v) is 6.18. The molecule has 0 spiro atoms. The monoisotopic (exact) mass is 320 g/mol. The van der Waals surface area contributed by atoms with E-state index in [1.54, 1.807) is 18.4 Å². The maximum Gasteiger partial charge on any atom is 0.237 e. The molecule has 0 saturated carbocycles. The summed E-state index contributed by atoms with van der Waals surface area (Å²) in [5, 5.41) is 2.82. The molecule has 0 aliphatic heterocycles. The lowest BCUT2D eigenvalue weighted by atomic mass is 10.2. The summed E-state index contributed by atoms with van der Waals surface area (Å²) in [6, 6.07) is 3.57. The van der Waals surface area contributed by atoms with Gasteiger partial charge in [0.1, 0.15) is 0 Å². The number of methoxy groups -OCH3 is 1. The summed E-state index contributed by atoms with van der Waals surface area (Å²) < 4.78 is 5.98. The van der Waals surface area contributed by atoms with Crippen molar-refractivity contribution in [3.63, 3.8) is 0 Å². The van der Waals surface area contributed by atoms with Crippen LogP contribution in [0, 0.1) is 0 Å². The van der Waals surface area contributed by atoms with Crippen LogP contribution in [0.15, 0.2) is 15.9 Å². The largest absolute Gasteiger partial charge is 0.385 e. The van der Waals surface area contributed by atoms with Crippen LogP contribution in [0.5, 0.6) is 0 Å². The Morgan fingerprint density at radius 1 is 1.65 bits per heavy atom. The lowest BCUT2D eigenvalue weighted by molar-refractivity contribution is -0.122. The number of nitrogens with one attached hydrogen (secondary N) is 1. The minimum Gasteiger partial charge on any atom is -0.385 e. The molecule has 96 valence electrons. The van der Waals surface area contributed by atoms with E-state index in [0.717, 1.165) is 10.2 Å². The predicted octanol–water partition coefficient (Wildman–Crippen LogP) is 1.53. The van der Waals surface area contributed by atoms with Gasteiger partial charge in [-0.15, -0.1) is 11.3 Å². The van der Waals surface area contributed by atoms with Crippen molar-refractivity contribution in [2.24, 2.45) is 5.73 Å². The van der Waals surface area contributed by atoms with E-state index in [0.29, 0.717) is 19.6 Å². The average Bonchev–Trinajstić information content (AvgIpc) is 2.71. The Balaban J connectivity index is 2.19. The number of amides is 1. The normalized spacial score (nSPS) is 12.4. The molecule has 1 unspecified atom stereocenters. The third-order valence-corrected chi connectivity index (χ3v) is 3.95. The van der Waals surface area contributed by atoms with Gasteiger partial charge in [0.2, 0.25) is 5.91 Å². The number of ether oxygens (including phenoxy) is 1. The van der Waals surface area contributed by atoms with E-state index in [1.165, 1.54) is 4.88 Å². The number of hydrogen-bond acceptors (Lipinski definition) is 4. The standard InChI is InChI=1S/C11H17BrN2O2S/c1-16-7-5-9(13)11(15)14-6-4-8-2-3-10(12)17-8/h2-3,9H,4-7,13H2,1H3,(H,14,15). The molecule has 1 aromatic rings. The minimum absolute atomic E-state index is 0.113. The number of rotatable bonds is 7. The molecule has 0 aliphatic rings. The van der Waals surface area contributed by atoms with Crippen LogP contribution >= 0.6 is 27.3 Å². The van der Waals surface area contributed by atoms with E-state index >= 15 is 0 Å². The number of nitrogens with two attached hydrogens (primary N) is 1. The molecule has 4 nitrogen and oxygen atoms in total. The Morgan fingerprint density at radius 2 is 2.41 bits per heavy atom. The first-order chi connectivity index (χ1) is 8.13. The summed E-state index contributed by atoms with van der Waals surface area (Å²) in [7, 11) is 1.60. The molecule has 1 amide bonds. The lowest BCUT2D eigenvalue weighted by Crippen LogP contribution is -2.41. The number of thiophene rings is 1. The van der Waals surface area contributed by atoms with Crippen molar-refractivity contribution < 1.29 is 9.53 Å². The molecule has 1 rings (SSSR count). The van der Waals surface area contributed by atoms with Crippen LogP contribution in [0.4, 0.5) is 0 Å². The van der Waals surface area contributed by atoms with E-state index in [-0.39, 0.29) is 5.91 Å². The average molecular weight is 321 g/mol. The first-order valence-corrected chi connectivity index (χ1v) is 7.01. The summed E-state index contributed by atoms with van der Waals surface area (Å²) in [4.78, 5) is 12.8. The van der Waals surface area contributed by atoms with Gasteiger partial charge in [-0.1, -0.05) is 0 Å². The van der Waals surface area contributed by atoms with Gasteiger partial charge in [-0.3, -0.25) is 4.79 Å². The van der Waals surface area contributed by atoms with Crippen molar-refractivity contribution in [3.8, 4) is 0 Å². The molecule has 17 heavy (non-hydrogen) atoms. The molecule has 0 fully saturated rings. The summed E-state index contributed by atoms with van der Waals surface area (Å²) in [5.74, 6) is -0.113. The maximum absolute atomic E-state index is 11.5. The van der Waals surface area contributed by atoms with Crippen LogP contribution in [0.3, 0.4) is 0 Å². The first kappa shape index (κ1) is 14.6. The van der Waals surface area contributed by atoms with Gasteiger partial charge in [0.05, 0.1) is 9.83 Å². The molecule has 0 saturated heterocycles. The van der Waals surface area contributed by atoms with Crippen LogP contribution in [-0.2, 0) is 16.0 Å². The van der Waals surface area contributed by atoms with Crippen LogP contribution < -0.4 is 11.1 Å². The van der Waals surface area contributed by atoms with E-state index in [2.05, 4.69) is 21.2 Å². The van der Waals surface area contributed by atoms with Gasteiger partial charge in [-0.2, -0.15) is 0 Å². The highest BCUT2D eigenvalue weighted by Crippen LogP contribution is 2.21. The highest BCUT2D eigenvalue weighted by Gasteiger charge is 2.12. The summed E-state index contributed by atoms with van der Waals surface area (Å²) in [5.41, 5.74) is 5.69. The van der Waals surface area contributed by atoms with E-state index in [4.69, 9.17) is 10.5 Å². The van der Waals surface area contributed by atoms with E-state index < -0.39 is 6.04 Å². The third-order valence-electron chi connectivity index (χ3n) is 2.27. The zero-order valence-corrected chi connectivity index (χ0v) is 12.1. The molecule has 3 N–H and O–H groups in total. The Labute approximate surface area is 114 Å². The fraction of sp³-hybridized carbons (Fsp3) is 0.545. The van der Waals surface area contributed by atoms with Gasteiger partial charge in [0, 0.05) is 25.1 Å². The highest BCUT2D eigenvalue weighted by atomic mass is 79.9. The predicted molar refractivity (Wildman–Crippen MR) is 73.2 cm³/mol. The quantitative estimate of drug-likeness (QED) is 0.800. The maximum atomic E-state index is 11.5. The van der Waals surface area contributed by atoms with Crippen molar-refractivity contribution in [2.45, 2.75) is 18.9 Å². The molecule has 1 heterocycles. The van der Waals surface area contributed by atoms with Gasteiger partial charge < -0.3 is 15.8 Å². The summed E-state index contributed by atoms with van der Waals surface area (Å²) >= 11 is 5.08. The van der Waals surface area contributed by atoms with Crippen molar-refractivity contribution in [1.29, 1.82) is 0 Å². The minimum atomic E-state index is -0.481. The third kappa shape index (κ3) is 5.63. The molecule has 0 bridgehead atoms. The first-order valence-electron chi connectivity index (χ1n) is 5.40. The van der Waals surface area contributed by atoms with Crippen LogP contribution in [0.1, 0.15) is 11.3 Å². The number of halogens is 1. The number of hydrogen-bond donors (Lipinski definition) is 2. The molecular weight excluding hydrogens is 304 g/mol. The van der Waals surface area contributed by atoms with Crippen molar-refractivity contribution in [1.82, 2.24) is 5.32 Å². The van der Waals surface area contributed by atoms with E-state index in [9.17, 15) is 4.79 Å². The lowest BCUT2D eigenvalue weighted by Gasteiger charge is -2.11. The smallest absolute Gasteiger partial charge is 0.237 e. The van der Waals surface area contributed by atoms with Gasteiger partial charge in [-0.05, 0) is 40.9 Å². The Morgan fingerprint density at radius 3 is 3.00 bits per heavy atom. The number of carbonyl (C=O) groups excluding carboxylic acids is 1. The Hall–Kier alpha value is -0.430. The SMILES string of the molecule is COCCC(N)C(=O)NCCc1ccc(Br)s1. The van der Waals surface area contributed by atoms with Crippen LogP contribution in [0.2, 0.25) is 0 Å². The van der Waals surface area contributed by atoms with Crippen LogP contribution in [-0.4, -0.2) is 32.2 Å². The molecule has 1 aromatic heterocycles. The molecular formula is C11H17BrN2O2S. The zero-order valence-electron chi connectivity index (χ0n) is 9.74. The van der Waals surface area contributed by atoms with Gasteiger partial charge in [0.15, 0.2) is 0 Å². The zero-order chi connectivity index (χ0) is 12.7. The highest BCUT2D eigenvalue weighted by molar-refractivity contribution is 9.11. The second-order valence-electron chi connectivity index (χ2n) is 3.63. The summed E-state index contributed by atoms with van der Waals surface area (Å²) in [6.07, 6.45) is 1.38. The molecule has 0 aliphatic carbocycles. The molecule has 6 heteroatoms. The van der Waals surface area contributed by atoms with Crippen molar-refractivity contribution in [2.75, 3.05) is 20.3 Å².